The lowest BCUT2D eigenvalue weighted by Crippen LogP contribution is -2.62. The summed E-state index contributed by atoms with van der Waals surface area (Å²) in [6.07, 6.45) is -7.73. The van der Waals surface area contributed by atoms with Gasteiger partial charge in [0.05, 0.1) is 61.4 Å². The van der Waals surface area contributed by atoms with Crippen molar-refractivity contribution in [3.63, 3.8) is 0 Å². The normalized spacial score (nSPS) is 22.7. The Labute approximate surface area is 649 Å². The number of hydrogen-bond acceptors (Lipinski definition) is 25. The van der Waals surface area contributed by atoms with Crippen LogP contribution in [0.5, 0.6) is 17.2 Å². The molecule has 4 aromatic rings. The quantitative estimate of drug-likeness (QED) is 0.0185. The second-order valence-electron chi connectivity index (χ2n) is 30.2. The Balaban J connectivity index is 0.748. The van der Waals surface area contributed by atoms with Gasteiger partial charge >= 0.3 is 5.97 Å². The van der Waals surface area contributed by atoms with Crippen LogP contribution in [0.4, 0.5) is 0 Å². The van der Waals surface area contributed by atoms with Gasteiger partial charge in [-0.2, -0.15) is 0 Å². The van der Waals surface area contributed by atoms with Crippen LogP contribution in [0.25, 0.3) is 11.1 Å². The summed E-state index contributed by atoms with van der Waals surface area (Å²) in [6.45, 7) is 2.61. The number of carbonyl (C=O) groups is 13. The molecule has 34 heteroatoms. The van der Waals surface area contributed by atoms with Crippen molar-refractivity contribution in [3.8, 4) is 28.4 Å². The zero-order valence-corrected chi connectivity index (χ0v) is 63.3. The summed E-state index contributed by atoms with van der Waals surface area (Å²) in [5.74, 6) is -14.9. The van der Waals surface area contributed by atoms with E-state index in [1.165, 1.54) is 39.2 Å². The highest BCUT2D eigenvalue weighted by molar-refractivity contribution is 6.31. The first-order chi connectivity index (χ1) is 53.8. The minimum absolute atomic E-state index is 0.0273. The van der Waals surface area contributed by atoms with Crippen molar-refractivity contribution in [2.45, 2.75) is 215 Å². The first-order valence-electron chi connectivity index (χ1n) is 38.0. The van der Waals surface area contributed by atoms with Crippen LogP contribution in [-0.2, 0) is 73.4 Å². The summed E-state index contributed by atoms with van der Waals surface area (Å²) in [7, 11) is 1.25. The van der Waals surface area contributed by atoms with Crippen LogP contribution >= 0.6 is 0 Å². The molecule has 0 spiro atoms. The number of aliphatic hydroxyl groups is 6. The highest BCUT2D eigenvalue weighted by atomic mass is 16.7. The van der Waals surface area contributed by atoms with E-state index in [1.54, 1.807) is 13.8 Å². The number of β-amino-alcohol motifs (C(OH)–C–C–N with tert-alkyl or cyclic N) is 1. The topological polar surface area (TPSA) is 534 Å². The summed E-state index contributed by atoms with van der Waals surface area (Å²) in [4.78, 5) is 181. The van der Waals surface area contributed by atoms with Gasteiger partial charge in [-0.3, -0.25) is 62.3 Å². The van der Waals surface area contributed by atoms with Gasteiger partial charge in [0.25, 0.3) is 0 Å². The summed E-state index contributed by atoms with van der Waals surface area (Å²) < 4.78 is 23.4. The second kappa shape index (κ2) is 37.1. The molecule has 17 N–H and O–H groups in total. The fourth-order valence-corrected chi connectivity index (χ4v) is 15.9. The van der Waals surface area contributed by atoms with Crippen LogP contribution in [0.2, 0.25) is 0 Å². The number of aliphatic hydroxyl groups excluding tert-OH is 5. The van der Waals surface area contributed by atoms with E-state index in [0.29, 0.717) is 25.7 Å². The number of primary amides is 1. The molecule has 4 aliphatic carbocycles. The van der Waals surface area contributed by atoms with E-state index < -0.39 is 242 Å². The molecule has 610 valence electrons. The number of ketones is 3. The minimum Gasteiger partial charge on any atom is -0.507 e. The Bertz CT molecular complexity index is 4270. The molecule has 0 aromatic heterocycles. The van der Waals surface area contributed by atoms with Crippen molar-refractivity contribution in [3.05, 3.63) is 111 Å². The predicted octanol–water partition coefficient (Wildman–Crippen LogP) is -0.548. The lowest BCUT2D eigenvalue weighted by atomic mass is 9.72. The number of ether oxygens (including phenoxy) is 4. The number of esters is 1. The van der Waals surface area contributed by atoms with Gasteiger partial charge < -0.3 is 108 Å². The lowest BCUT2D eigenvalue weighted by molar-refractivity contribution is -0.249. The molecule has 2 aliphatic heterocycles. The van der Waals surface area contributed by atoms with Crippen molar-refractivity contribution in [1.82, 2.24) is 42.1 Å². The molecule has 10 rings (SSSR count). The fourth-order valence-electron chi connectivity index (χ4n) is 15.9. The number of nitrogens with zero attached hydrogens (tertiary/aromatic N) is 1. The summed E-state index contributed by atoms with van der Waals surface area (Å²) in [6, 6.07) is 7.63. The van der Waals surface area contributed by atoms with Crippen LogP contribution in [0.3, 0.4) is 0 Å². The lowest BCUT2D eigenvalue weighted by Gasteiger charge is -2.43. The third kappa shape index (κ3) is 19.1. The fraction of sp³-hybridized carbons (Fsp3) is 0.532. The number of likely N-dealkylation sites (tertiary alicyclic amines) is 1. The van der Waals surface area contributed by atoms with Gasteiger partial charge in [0, 0.05) is 74.1 Å². The molecule has 34 nitrogen and oxygen atoms in total. The number of fused-ring (bicyclic) bond motifs is 6. The molecule has 6 aliphatic rings. The standard InChI is InChI=1S/C79H99N9O25/c1-37(2)27-51(74(104)83-50-29-61(112-39(4)67(50)97)113-56-31-79(109,57(93)35-91)30-47-63(56)71(101)65-64(69(47)99)68(98)46-21-13-22-55(110-5)62(46)70(65)100)84-75(105)52(33-89)86-73(103)49(25-26-58(80)94)82-78(108)66(40-15-7-6-8-16-40)87-76(106)53(34-90)85-72(102)38(3)81-77(107)54-28-41(92)32-88(54)59(95)23-14-24-60(96)111-36-48-44-19-11-9-17-42(44)43-18-10-12-20-45(43)48/h9-13,17-22,37-41,48-54,56,61,66-67,89-92,97,99,101,109H,6-8,14-16,23-36H2,1-5H3,(H2,80,94)(H,81,107)(H,82,108)(H,83,104)(H,84,105)(H,85,102)(H,86,103)(H,87,106)/t38?,39?,41?,49-,50?,51-,52?,53?,54?,56?,61?,66?,67?,79?/m0/s1. The van der Waals surface area contributed by atoms with E-state index in [1.807, 2.05) is 48.5 Å². The Hall–Kier alpha value is -10.3. The predicted molar refractivity (Wildman–Crippen MR) is 396 cm³/mol. The van der Waals surface area contributed by atoms with E-state index in [4.69, 9.17) is 24.7 Å². The molecule has 113 heavy (non-hydrogen) atoms. The third-order valence-corrected chi connectivity index (χ3v) is 21.9. The Morgan fingerprint density at radius 1 is 0.673 bits per heavy atom. The smallest absolute Gasteiger partial charge is 0.305 e. The maximum Gasteiger partial charge on any atom is 0.305 e. The highest BCUT2D eigenvalue weighted by Crippen LogP contribution is 2.53. The maximum atomic E-state index is 14.6. The van der Waals surface area contributed by atoms with E-state index >= 15 is 0 Å². The molecular weight excluding hydrogens is 1470 g/mol. The number of carbonyl (C=O) groups excluding carboxylic acids is 13. The number of rotatable bonds is 33. The SMILES string of the molecule is COc1cccc2c1C(=O)c1c(O)c3c(c(O)c1C2=O)CC(O)(C(=O)CO)CC3OC1CC(NC(=O)[C@H](CC(C)C)NC(=O)C(CO)NC(=O)[C@H](CCC(N)=O)NC(=O)C(NC(=O)C(CO)NC(=O)C(C)NC(=O)C2CC(O)CN2C(=O)CCCC(=O)OCC2c3ccccc3-c3ccccc32)C2CCCCC2)C(O)C(C)O1. The third-order valence-electron chi connectivity index (χ3n) is 21.9. The Morgan fingerprint density at radius 2 is 1.27 bits per heavy atom. The second-order valence-corrected chi connectivity index (χ2v) is 30.2. The zero-order chi connectivity index (χ0) is 82.0. The largest absolute Gasteiger partial charge is 0.507 e. The van der Waals surface area contributed by atoms with Crippen LogP contribution < -0.4 is 47.7 Å². The molecule has 12 unspecified atom stereocenters. The molecule has 4 aromatic carbocycles. The number of Topliss-reactive ketones (excluding diaryl/α,β-unsaturated/α-hetero) is 1. The van der Waals surface area contributed by atoms with E-state index in [0.717, 1.165) is 33.6 Å². The number of benzene rings is 4. The molecule has 2 saturated heterocycles. The summed E-state index contributed by atoms with van der Waals surface area (Å²) >= 11 is 0. The van der Waals surface area contributed by atoms with Crippen LogP contribution in [0, 0.1) is 11.8 Å². The van der Waals surface area contributed by atoms with Gasteiger partial charge in [-0.05, 0) is 86.1 Å². The zero-order valence-electron chi connectivity index (χ0n) is 63.3. The number of nitrogens with two attached hydrogens (primary N) is 1. The molecule has 9 amide bonds. The Kier molecular flexibility index (Phi) is 27.9. The molecule has 14 atom stereocenters. The number of amides is 9. The average molecular weight is 1570 g/mol. The average Bonchev–Trinajstić information content (AvgIpc) is 1.11. The number of hydrogen-bond donors (Lipinski definition) is 16. The molecule has 2 heterocycles. The Morgan fingerprint density at radius 3 is 1.90 bits per heavy atom. The monoisotopic (exact) mass is 1570 g/mol. The van der Waals surface area contributed by atoms with Crippen molar-refractivity contribution >= 4 is 76.5 Å². The first kappa shape index (κ1) is 85.1. The van der Waals surface area contributed by atoms with Crippen LogP contribution in [-0.4, -0.2) is 241 Å². The van der Waals surface area contributed by atoms with Crippen molar-refractivity contribution < 1.29 is 122 Å². The van der Waals surface area contributed by atoms with E-state index in [9.17, 15) is 103 Å². The highest BCUT2D eigenvalue weighted by Gasteiger charge is 2.52. The van der Waals surface area contributed by atoms with Gasteiger partial charge in [0.15, 0.2) is 17.9 Å². The van der Waals surface area contributed by atoms with Crippen molar-refractivity contribution in [2.75, 3.05) is 40.1 Å². The first-order valence-corrected chi connectivity index (χ1v) is 38.0. The number of methoxy groups -OCH3 is 1. The maximum absolute atomic E-state index is 14.6. The van der Waals surface area contributed by atoms with Crippen LogP contribution in [0.15, 0.2) is 66.7 Å². The van der Waals surface area contributed by atoms with Crippen molar-refractivity contribution in [2.24, 2.45) is 17.6 Å². The molecule has 3 fully saturated rings. The molecular formula is C79H99N9O25. The van der Waals surface area contributed by atoms with Gasteiger partial charge in [0.1, 0.15) is 84.5 Å². The molecule has 0 radical (unpaired) electrons. The summed E-state index contributed by atoms with van der Waals surface area (Å²) in [5.41, 5.74) is 4.79. The minimum atomic E-state index is -2.52. The number of phenolic OH excluding ortho intramolecular Hbond substituents is 2. The van der Waals surface area contributed by atoms with E-state index in [2.05, 4.69) is 37.2 Å². The van der Waals surface area contributed by atoms with Crippen molar-refractivity contribution in [1.29, 1.82) is 0 Å². The summed E-state index contributed by atoms with van der Waals surface area (Å²) in [5, 5.41) is 107. The van der Waals surface area contributed by atoms with Gasteiger partial charge in [-0.1, -0.05) is 93.8 Å². The number of aromatic hydroxyl groups is 2. The number of phenols is 2. The molecule has 1 saturated carbocycles. The van der Waals surface area contributed by atoms with Gasteiger partial charge in [0.2, 0.25) is 58.9 Å². The van der Waals surface area contributed by atoms with Gasteiger partial charge in [-0.15, -0.1) is 0 Å². The molecule has 0 bridgehead atoms. The number of nitrogens with one attached hydrogen (secondary N) is 7. The van der Waals surface area contributed by atoms with Gasteiger partial charge in [-0.25, -0.2) is 0 Å². The van der Waals surface area contributed by atoms with Crippen LogP contribution in [0.1, 0.15) is 184 Å². The van der Waals surface area contributed by atoms with E-state index in [-0.39, 0.29) is 85.1 Å².